The van der Waals surface area contributed by atoms with E-state index in [9.17, 15) is 5.11 Å². The quantitative estimate of drug-likeness (QED) is 0.172. The third kappa shape index (κ3) is 5.74. The Kier molecular flexibility index (Phi) is 7.65. The van der Waals surface area contributed by atoms with Crippen molar-refractivity contribution in [3.05, 3.63) is 52.8 Å². The first-order valence-corrected chi connectivity index (χ1v) is 17.8. The average molecular weight is 702 g/mol. The molecule has 9 rings (SSSR count). The maximum atomic E-state index is 17.3. The lowest BCUT2D eigenvalue weighted by molar-refractivity contribution is -0.137. The van der Waals surface area contributed by atoms with Gasteiger partial charge in [0.2, 0.25) is 0 Å². The van der Waals surface area contributed by atoms with Gasteiger partial charge in [-0.05, 0) is 67.3 Å². The van der Waals surface area contributed by atoms with Crippen LogP contribution in [0.1, 0.15) is 42.4 Å². The molecule has 4 aromatic rings. The summed E-state index contributed by atoms with van der Waals surface area (Å²) < 4.78 is 74.6. The Morgan fingerprint density at radius 2 is 1.78 bits per heavy atom. The van der Waals surface area contributed by atoms with E-state index in [0.29, 0.717) is 48.0 Å². The van der Waals surface area contributed by atoms with Crippen molar-refractivity contribution in [3.63, 3.8) is 0 Å². The molecule has 5 aliphatic rings. The van der Waals surface area contributed by atoms with Crippen molar-refractivity contribution in [1.29, 1.82) is 0 Å². The summed E-state index contributed by atoms with van der Waals surface area (Å²) in [6.07, 6.45) is 4.74. The molecule has 4 atom stereocenters. The van der Waals surface area contributed by atoms with Crippen molar-refractivity contribution in [2.45, 2.75) is 50.9 Å². The van der Waals surface area contributed by atoms with Gasteiger partial charge < -0.3 is 29.7 Å². The van der Waals surface area contributed by atoms with Gasteiger partial charge in [-0.15, -0.1) is 6.42 Å². The van der Waals surface area contributed by atoms with Crippen LogP contribution in [0.2, 0.25) is 0 Å². The highest BCUT2D eigenvalue weighted by atomic mass is 19.4. The fraction of sp³-hybridized carbons (Fsp3) is 0.487. The van der Waals surface area contributed by atoms with Crippen LogP contribution in [-0.2, 0) is 10.9 Å². The molecule has 2 N–H and O–H groups in total. The Morgan fingerprint density at radius 1 is 1.06 bits per heavy atom. The van der Waals surface area contributed by atoms with Crippen LogP contribution in [0.3, 0.4) is 0 Å². The highest BCUT2D eigenvalue weighted by Gasteiger charge is 2.48. The smallest absolute Gasteiger partial charge is 0.417 e. The molecule has 266 valence electrons. The number of fused-ring (bicyclic) bond motifs is 5. The lowest BCUT2D eigenvalue weighted by Crippen LogP contribution is -2.51. The van der Waals surface area contributed by atoms with Gasteiger partial charge >= 0.3 is 12.2 Å². The predicted octanol–water partition coefficient (Wildman–Crippen LogP) is 6.28. The van der Waals surface area contributed by atoms with Gasteiger partial charge in [-0.1, -0.05) is 18.1 Å². The molecule has 2 bridgehead atoms. The Labute approximate surface area is 293 Å². The van der Waals surface area contributed by atoms with Crippen LogP contribution < -0.4 is 15.0 Å². The molecule has 4 saturated heterocycles. The number of halogens is 4. The third-order valence-corrected chi connectivity index (χ3v) is 11.8. The van der Waals surface area contributed by atoms with Gasteiger partial charge in [0, 0.05) is 84.0 Å². The average Bonchev–Trinajstić information content (AvgIpc) is 3.33. The molecule has 12 heteroatoms. The molecule has 5 fully saturated rings. The highest BCUT2D eigenvalue weighted by molar-refractivity contribution is 6.05. The summed E-state index contributed by atoms with van der Waals surface area (Å²) >= 11 is 0. The van der Waals surface area contributed by atoms with Crippen molar-refractivity contribution >= 4 is 27.5 Å². The molecule has 4 aliphatic heterocycles. The van der Waals surface area contributed by atoms with Gasteiger partial charge in [0.25, 0.3) is 0 Å². The maximum Gasteiger partial charge on any atom is 0.417 e. The first-order chi connectivity index (χ1) is 24.5. The molecule has 0 spiro atoms. The Morgan fingerprint density at radius 3 is 2.45 bits per heavy atom. The molecule has 51 heavy (non-hydrogen) atoms. The van der Waals surface area contributed by atoms with Gasteiger partial charge in [0.15, 0.2) is 5.82 Å². The lowest BCUT2D eigenvalue weighted by Gasteiger charge is -2.34. The number of benzene rings is 3. The SMILES string of the molecule is C#Cc1c(C)ccc2cc(O)cc(-c3c(C(F)(F)F)cc4c(N5CC6CCC(C5)N6)nc(OCC5(CN6C[C@H]7COC[C@@H]7C6)CC5)nc4c3F)c12. The first-order valence-electron chi connectivity index (χ1n) is 17.8. The molecule has 1 saturated carbocycles. The van der Waals surface area contributed by atoms with E-state index in [1.54, 1.807) is 19.1 Å². The van der Waals surface area contributed by atoms with Crippen LogP contribution in [0.4, 0.5) is 23.4 Å². The van der Waals surface area contributed by atoms with Crippen molar-refractivity contribution < 1.29 is 32.1 Å². The number of ether oxygens (including phenoxy) is 2. The summed E-state index contributed by atoms with van der Waals surface area (Å²) in [5.41, 5.74) is -1.47. The number of nitrogens with zero attached hydrogens (tertiary/aromatic N) is 4. The van der Waals surface area contributed by atoms with Crippen LogP contribution in [0.5, 0.6) is 11.8 Å². The van der Waals surface area contributed by atoms with E-state index in [0.717, 1.165) is 70.7 Å². The number of aryl methyl sites for hydroxylation is 1. The summed E-state index contributed by atoms with van der Waals surface area (Å²) in [4.78, 5) is 13.7. The Bertz CT molecular complexity index is 2090. The number of phenolic OH excluding ortho intramolecular Hbond substituents is 1. The topological polar surface area (TPSA) is 83.0 Å². The monoisotopic (exact) mass is 701 g/mol. The maximum absolute atomic E-state index is 17.3. The van der Waals surface area contributed by atoms with Gasteiger partial charge in [-0.2, -0.15) is 23.1 Å². The third-order valence-electron chi connectivity index (χ3n) is 11.8. The zero-order chi connectivity index (χ0) is 35.2. The molecule has 0 amide bonds. The number of aromatic nitrogens is 2. The summed E-state index contributed by atoms with van der Waals surface area (Å²) in [5, 5.41) is 14.8. The number of aromatic hydroxyl groups is 1. The van der Waals surface area contributed by atoms with Crippen LogP contribution in [-0.4, -0.2) is 84.6 Å². The van der Waals surface area contributed by atoms with E-state index in [1.807, 2.05) is 4.90 Å². The van der Waals surface area contributed by atoms with Gasteiger partial charge in [-0.25, -0.2) is 4.39 Å². The molecule has 1 aliphatic carbocycles. The molecule has 3 aromatic carbocycles. The normalized spacial score (nSPS) is 25.5. The van der Waals surface area contributed by atoms with Crippen molar-refractivity contribution in [2.75, 3.05) is 57.4 Å². The van der Waals surface area contributed by atoms with Gasteiger partial charge in [0.05, 0.1) is 25.4 Å². The number of terminal acetylenes is 1. The van der Waals surface area contributed by atoms with E-state index >= 15 is 17.6 Å². The van der Waals surface area contributed by atoms with Crippen LogP contribution >= 0.6 is 0 Å². The summed E-state index contributed by atoms with van der Waals surface area (Å²) in [6.45, 7) is 7.56. The van der Waals surface area contributed by atoms with Crippen LogP contribution in [0.25, 0.3) is 32.8 Å². The van der Waals surface area contributed by atoms with Crippen LogP contribution in [0.15, 0.2) is 30.3 Å². The fourth-order valence-electron chi connectivity index (χ4n) is 9.02. The number of anilines is 1. The Balaban J connectivity index is 1.18. The minimum Gasteiger partial charge on any atom is -0.508 e. The molecular weight excluding hydrogens is 662 g/mol. The van der Waals surface area contributed by atoms with E-state index in [2.05, 4.69) is 21.1 Å². The second kappa shape index (κ2) is 11.9. The summed E-state index contributed by atoms with van der Waals surface area (Å²) in [6, 6.07) is 7.12. The number of nitrogens with one attached hydrogen (secondary N) is 1. The van der Waals surface area contributed by atoms with Crippen molar-refractivity contribution in [3.8, 4) is 35.2 Å². The highest BCUT2D eigenvalue weighted by Crippen LogP contribution is 2.49. The van der Waals surface area contributed by atoms with Crippen molar-refractivity contribution in [1.82, 2.24) is 20.2 Å². The zero-order valence-corrected chi connectivity index (χ0v) is 28.3. The largest absolute Gasteiger partial charge is 0.508 e. The van der Waals surface area contributed by atoms with E-state index in [4.69, 9.17) is 20.9 Å². The molecule has 0 radical (unpaired) electrons. The fourth-order valence-corrected chi connectivity index (χ4v) is 9.02. The number of likely N-dealkylation sites (tertiary alicyclic amines) is 1. The number of hydrogen-bond donors (Lipinski definition) is 2. The minimum absolute atomic E-state index is 0.0398. The Hall–Kier alpha value is -4.18. The van der Waals surface area contributed by atoms with Gasteiger partial charge in [-0.3, -0.25) is 0 Å². The minimum atomic E-state index is -4.96. The predicted molar refractivity (Wildman–Crippen MR) is 185 cm³/mol. The number of phenols is 1. The zero-order valence-electron chi connectivity index (χ0n) is 28.3. The van der Waals surface area contributed by atoms with E-state index in [1.165, 1.54) is 6.07 Å². The first kappa shape index (κ1) is 32.7. The lowest BCUT2D eigenvalue weighted by atomic mass is 9.88. The van der Waals surface area contributed by atoms with Crippen LogP contribution in [0, 0.1) is 42.3 Å². The molecule has 1 aromatic heterocycles. The molecule has 5 heterocycles. The van der Waals surface area contributed by atoms with Crippen molar-refractivity contribution in [2.24, 2.45) is 17.3 Å². The standard InChI is InChI=1S/C39H39F4N5O3/c1-3-28-21(2)4-5-22-10-27(49)11-29(32(22)28)33-31(39(41,42)43)12-30-35(34(33)40)45-37(46-36(30)48-15-25-6-7-26(16-48)44-25)51-20-38(8-9-38)19-47-13-23-17-50-18-24(23)14-47/h1,4-5,10-12,23-26,44,49H,6-9,13-20H2,2H3/t23-,24-,25?,26?/m0/s1. The number of piperazine rings is 1. The van der Waals surface area contributed by atoms with E-state index in [-0.39, 0.29) is 56.9 Å². The number of hydrogen-bond acceptors (Lipinski definition) is 8. The van der Waals surface area contributed by atoms with Gasteiger partial charge in [0.1, 0.15) is 17.1 Å². The molecular formula is C39H39F4N5O3. The molecule has 2 unspecified atom stereocenters. The molecule has 8 nitrogen and oxygen atoms in total. The second-order valence-corrected chi connectivity index (χ2v) is 15.4. The second-order valence-electron chi connectivity index (χ2n) is 15.4. The number of alkyl halides is 3. The summed E-state index contributed by atoms with van der Waals surface area (Å²) in [5.74, 6) is 2.44. The van der Waals surface area contributed by atoms with E-state index < -0.39 is 23.1 Å². The summed E-state index contributed by atoms with van der Waals surface area (Å²) in [7, 11) is 0. The number of rotatable bonds is 7.